The molecule has 300 valence electrons. The summed E-state index contributed by atoms with van der Waals surface area (Å²) in [6, 6.07) is 0. The van der Waals surface area contributed by atoms with E-state index in [1.807, 2.05) is 0 Å². The van der Waals surface area contributed by atoms with Gasteiger partial charge in [-0.15, -0.1) is 0 Å². The minimum absolute atomic E-state index is 0.00759. The van der Waals surface area contributed by atoms with E-state index in [4.69, 9.17) is 18.5 Å². The largest absolute Gasteiger partial charge is 0.381 e. The van der Waals surface area contributed by atoms with Crippen LogP contribution in [-0.4, -0.2) is 75.7 Å². The molecule has 0 saturated carbocycles. The van der Waals surface area contributed by atoms with Crippen molar-refractivity contribution in [1.82, 2.24) is 0 Å². The van der Waals surface area contributed by atoms with Crippen LogP contribution in [0.3, 0.4) is 0 Å². The van der Waals surface area contributed by atoms with Gasteiger partial charge in [0.25, 0.3) is 0 Å². The molecule has 7 heteroatoms. The molecule has 3 unspecified atom stereocenters. The van der Waals surface area contributed by atoms with E-state index in [-0.39, 0.29) is 11.5 Å². The molecule has 1 heterocycles. The molecule has 1 aliphatic heterocycles. The fourth-order valence-corrected chi connectivity index (χ4v) is 7.70. The zero-order chi connectivity index (χ0) is 36.4. The maximum atomic E-state index is 10.4. The van der Waals surface area contributed by atoms with E-state index in [0.717, 1.165) is 43.5 Å². The summed E-state index contributed by atoms with van der Waals surface area (Å²) in [6.07, 6.45) is 40.7. The van der Waals surface area contributed by atoms with Crippen molar-refractivity contribution >= 4 is 8.60 Å². The number of hydrogen-bond donors (Lipinski definition) is 1. The Hall–Kier alpha value is 0.190. The number of unbranched alkanes of at least 4 members (excludes halogenated alkanes) is 26. The first-order chi connectivity index (χ1) is 24.3. The smallest absolute Gasteiger partial charge is 0.330 e. The zero-order valence-electron chi connectivity index (χ0n) is 34.5. The molecule has 1 N–H and O–H groups in total. The maximum Gasteiger partial charge on any atom is 0.330 e. The van der Waals surface area contributed by atoms with Crippen molar-refractivity contribution in [3.05, 3.63) is 0 Å². The summed E-state index contributed by atoms with van der Waals surface area (Å²) in [6.45, 7) is 8.73. The fourth-order valence-electron chi connectivity index (χ4n) is 7.05. The second kappa shape index (κ2) is 33.7. The van der Waals surface area contributed by atoms with Crippen molar-refractivity contribution in [2.75, 3.05) is 60.7 Å². The van der Waals surface area contributed by atoms with Crippen LogP contribution in [0.5, 0.6) is 0 Å². The first-order valence-electron chi connectivity index (χ1n) is 22.1. The molecule has 6 nitrogen and oxygen atoms in total. The lowest BCUT2D eigenvalue weighted by Gasteiger charge is -2.25. The van der Waals surface area contributed by atoms with Crippen LogP contribution in [-0.2, 0) is 18.5 Å². The Morgan fingerprint density at radius 1 is 0.560 bits per heavy atom. The van der Waals surface area contributed by atoms with Gasteiger partial charge < -0.3 is 27.9 Å². The second-order valence-corrected chi connectivity index (χ2v) is 17.9. The van der Waals surface area contributed by atoms with Crippen LogP contribution in [0.1, 0.15) is 206 Å². The quantitative estimate of drug-likeness (QED) is 0.0294. The first kappa shape index (κ1) is 48.2. The third-order valence-electron chi connectivity index (χ3n) is 10.6. The molecule has 0 bridgehead atoms. The summed E-state index contributed by atoms with van der Waals surface area (Å²) in [5.41, 5.74) is -0.00759. The molecule has 50 heavy (non-hydrogen) atoms. The van der Waals surface area contributed by atoms with Crippen molar-refractivity contribution in [2.45, 2.75) is 212 Å². The molecule has 1 fully saturated rings. The molecule has 0 aromatic rings. The lowest BCUT2D eigenvalue weighted by molar-refractivity contribution is -0.870. The molecule has 0 aliphatic carbocycles. The normalized spacial score (nSPS) is 17.4. The Morgan fingerprint density at radius 3 is 1.36 bits per heavy atom. The Morgan fingerprint density at radius 2 is 0.960 bits per heavy atom. The van der Waals surface area contributed by atoms with E-state index < -0.39 is 8.60 Å². The van der Waals surface area contributed by atoms with Gasteiger partial charge in [0, 0.05) is 12.5 Å². The molecule has 0 amide bonds. The van der Waals surface area contributed by atoms with Gasteiger partial charge in [-0.25, -0.2) is 0 Å². The second-order valence-electron chi connectivity index (χ2n) is 16.9. The molecule has 1 rings (SSSR count). The molecule has 0 radical (unpaired) electrons. The number of rotatable bonds is 41. The van der Waals surface area contributed by atoms with E-state index in [9.17, 15) is 4.89 Å². The van der Waals surface area contributed by atoms with Gasteiger partial charge in [-0.05, 0) is 19.3 Å². The molecule has 0 aromatic carbocycles. The van der Waals surface area contributed by atoms with Gasteiger partial charge >= 0.3 is 8.60 Å². The summed E-state index contributed by atoms with van der Waals surface area (Å²) >= 11 is 0. The maximum absolute atomic E-state index is 10.4. The molecule has 0 spiro atoms. The summed E-state index contributed by atoms with van der Waals surface area (Å²) in [5, 5.41) is 0. The highest BCUT2D eigenvalue weighted by molar-refractivity contribution is 7.40. The van der Waals surface area contributed by atoms with E-state index in [1.54, 1.807) is 0 Å². The average molecular weight is 731 g/mol. The molecule has 0 aromatic heterocycles. The number of ether oxygens (including phenoxy) is 2. The fraction of sp³-hybridized carbons (Fsp3) is 1.00. The zero-order valence-corrected chi connectivity index (χ0v) is 35.4. The minimum Gasteiger partial charge on any atom is -0.381 e. The highest BCUT2D eigenvalue weighted by atomic mass is 31.2. The van der Waals surface area contributed by atoms with Gasteiger partial charge in [-0.1, -0.05) is 187 Å². The van der Waals surface area contributed by atoms with E-state index in [0.29, 0.717) is 19.8 Å². The van der Waals surface area contributed by atoms with Crippen LogP contribution in [0.25, 0.3) is 0 Å². The van der Waals surface area contributed by atoms with E-state index in [2.05, 4.69) is 35.0 Å². The summed E-state index contributed by atoms with van der Waals surface area (Å²) in [7, 11) is 4.52. The summed E-state index contributed by atoms with van der Waals surface area (Å²) in [5.74, 6) is 0.218. The van der Waals surface area contributed by atoms with E-state index >= 15 is 0 Å². The van der Waals surface area contributed by atoms with Crippen molar-refractivity contribution in [1.29, 1.82) is 0 Å². The number of hydrogen-bond acceptors (Lipinski definition) is 5. The number of epoxide rings is 1. The van der Waals surface area contributed by atoms with Gasteiger partial charge in [0.1, 0.15) is 13.2 Å². The molecule has 3 atom stereocenters. The van der Waals surface area contributed by atoms with E-state index in [1.165, 1.54) is 173 Å². The highest BCUT2D eigenvalue weighted by Gasteiger charge is 2.45. The van der Waals surface area contributed by atoms with Gasteiger partial charge in [0.15, 0.2) is 0 Å². The van der Waals surface area contributed by atoms with Crippen molar-refractivity contribution in [2.24, 2.45) is 5.92 Å². The molecule has 1 saturated heterocycles. The lowest BCUT2D eigenvalue weighted by atomic mass is 9.91. The molecular weight excluding hydrogens is 641 g/mol. The summed E-state index contributed by atoms with van der Waals surface area (Å²) < 4.78 is 24.6. The van der Waals surface area contributed by atoms with Crippen LogP contribution in [0.2, 0.25) is 0 Å². The van der Waals surface area contributed by atoms with Gasteiger partial charge in [0.2, 0.25) is 0 Å². The van der Waals surface area contributed by atoms with Crippen molar-refractivity contribution < 1.29 is 27.9 Å². The Balaban J connectivity index is 2.21. The van der Waals surface area contributed by atoms with Crippen LogP contribution in [0.4, 0.5) is 0 Å². The Bertz CT molecular complexity index is 701. The number of nitrogens with zero attached hydrogens (tertiary/aromatic N) is 1. The topological polar surface area (TPSA) is 60.5 Å². The average Bonchev–Trinajstić information content (AvgIpc) is 3.85. The van der Waals surface area contributed by atoms with Crippen molar-refractivity contribution in [3.8, 4) is 0 Å². The molecule has 1 aliphatic rings. The van der Waals surface area contributed by atoms with Crippen LogP contribution < -0.4 is 0 Å². The van der Waals surface area contributed by atoms with Gasteiger partial charge in [-0.3, -0.25) is 0 Å². The van der Waals surface area contributed by atoms with Gasteiger partial charge in [0.05, 0.1) is 46.6 Å². The standard InChI is InChI=1S/C43H89NO5P/c1-6-8-10-12-14-16-18-20-22-24-26-28-30-32-34-43(41-47-43)38-42(40-49-50(45)48-37-35-44(3,4)5)39-46-36-33-31-29-27-25-23-21-19-17-15-13-11-9-7-2/h42,45H,6-41H2,1-5H3/q+1. The molecular formula is C43H89NO5P+. The lowest BCUT2D eigenvalue weighted by Crippen LogP contribution is -2.37. The third kappa shape index (κ3) is 32.8. The van der Waals surface area contributed by atoms with Crippen molar-refractivity contribution in [3.63, 3.8) is 0 Å². The summed E-state index contributed by atoms with van der Waals surface area (Å²) in [4.78, 5) is 10.4. The van der Waals surface area contributed by atoms with Crippen LogP contribution in [0, 0.1) is 5.92 Å². The highest BCUT2D eigenvalue weighted by Crippen LogP contribution is 2.41. The van der Waals surface area contributed by atoms with Crippen LogP contribution in [0.15, 0.2) is 0 Å². The van der Waals surface area contributed by atoms with Gasteiger partial charge in [-0.2, -0.15) is 0 Å². The monoisotopic (exact) mass is 731 g/mol. The number of likely N-dealkylation sites (N-methyl/N-ethyl adjacent to an activating group) is 1. The first-order valence-corrected chi connectivity index (χ1v) is 23.2. The van der Waals surface area contributed by atoms with Crippen LogP contribution >= 0.6 is 8.60 Å². The third-order valence-corrected chi connectivity index (χ3v) is 11.4. The minimum atomic E-state index is -1.86. The Labute approximate surface area is 314 Å². The Kier molecular flexibility index (Phi) is 32.5. The predicted octanol–water partition coefficient (Wildman–Crippen LogP) is 13.1. The predicted molar refractivity (Wildman–Crippen MR) is 217 cm³/mol. The SMILES string of the molecule is CCCCCCCCCCCCCCCCOCC(COP(O)OCC[N+](C)(C)C)CC1(CCCCCCCCCCCCCCCC)CO1. The number of quaternary nitrogens is 1.